The van der Waals surface area contributed by atoms with Crippen LogP contribution in [0.3, 0.4) is 0 Å². The number of anilines is 1. The summed E-state index contributed by atoms with van der Waals surface area (Å²) in [5.74, 6) is 0.0424. The van der Waals surface area contributed by atoms with Gasteiger partial charge in [-0.2, -0.15) is 0 Å². The lowest BCUT2D eigenvalue weighted by atomic mass is 9.84. The van der Waals surface area contributed by atoms with E-state index >= 15 is 0 Å². The molecule has 104 valence electrons. The first-order chi connectivity index (χ1) is 8.89. The average Bonchev–Trinajstić information content (AvgIpc) is 2.58. The largest absolute Gasteiger partial charge is 0.330 e. The number of nitrogens with one attached hydrogen (secondary N) is 1. The molecule has 1 amide bonds. The van der Waals surface area contributed by atoms with Gasteiger partial charge >= 0.3 is 0 Å². The molecule has 1 aromatic carbocycles. The molecular formula is C15H21ClN2O. The molecular weight excluding hydrogens is 260 g/mol. The minimum Gasteiger partial charge on any atom is -0.330 e. The van der Waals surface area contributed by atoms with E-state index in [4.69, 9.17) is 17.3 Å². The number of fused-ring (bicyclic) bond motifs is 1. The molecule has 1 heterocycles. The number of amides is 1. The highest BCUT2D eigenvalue weighted by Crippen LogP contribution is 2.43. The van der Waals surface area contributed by atoms with E-state index < -0.39 is 5.41 Å². The van der Waals surface area contributed by atoms with E-state index in [9.17, 15) is 4.79 Å². The number of unbranched alkanes of at least 4 members (excludes halogenated alkanes) is 1. The second-order valence-electron chi connectivity index (χ2n) is 5.72. The van der Waals surface area contributed by atoms with Crippen LogP contribution in [0.5, 0.6) is 0 Å². The third-order valence-electron chi connectivity index (χ3n) is 3.95. The van der Waals surface area contributed by atoms with Crippen LogP contribution in [0.4, 0.5) is 5.69 Å². The number of hydrogen-bond donors (Lipinski definition) is 2. The maximum absolute atomic E-state index is 12.0. The van der Waals surface area contributed by atoms with Crippen LogP contribution in [0.1, 0.15) is 43.4 Å². The highest BCUT2D eigenvalue weighted by molar-refractivity contribution is 6.33. The van der Waals surface area contributed by atoms with Crippen molar-refractivity contribution in [2.45, 2.75) is 45.4 Å². The smallest absolute Gasteiger partial charge is 0.234 e. The number of carbonyl (C=O) groups excluding carboxylic acids is 1. The van der Waals surface area contributed by atoms with Crippen molar-refractivity contribution in [3.05, 3.63) is 27.8 Å². The minimum absolute atomic E-state index is 0.0424. The van der Waals surface area contributed by atoms with Crippen molar-refractivity contribution in [3.8, 4) is 0 Å². The number of benzene rings is 1. The van der Waals surface area contributed by atoms with Crippen LogP contribution in [-0.4, -0.2) is 12.5 Å². The SMILES string of the molecule is Cc1c(Cl)c(CCCCN)cc2c1NC(=O)C2(C)C. The van der Waals surface area contributed by atoms with E-state index in [1.807, 2.05) is 20.8 Å². The second-order valence-corrected chi connectivity index (χ2v) is 6.10. The van der Waals surface area contributed by atoms with E-state index in [1.54, 1.807) is 0 Å². The topological polar surface area (TPSA) is 55.1 Å². The van der Waals surface area contributed by atoms with Gasteiger partial charge in [-0.15, -0.1) is 0 Å². The Labute approximate surface area is 119 Å². The Morgan fingerprint density at radius 2 is 2.05 bits per heavy atom. The standard InChI is InChI=1S/C15H21ClN2O/c1-9-12(16)10(6-4-5-7-17)8-11-13(9)18-14(19)15(11,2)3/h8H,4-7,17H2,1-3H3,(H,18,19). The lowest BCUT2D eigenvalue weighted by molar-refractivity contribution is -0.119. The zero-order valence-corrected chi connectivity index (χ0v) is 12.5. The molecule has 2 rings (SSSR count). The Morgan fingerprint density at radius 3 is 2.68 bits per heavy atom. The van der Waals surface area contributed by atoms with E-state index in [0.717, 1.165) is 46.7 Å². The van der Waals surface area contributed by atoms with Gasteiger partial charge in [-0.1, -0.05) is 17.7 Å². The number of rotatable bonds is 4. The molecule has 19 heavy (non-hydrogen) atoms. The van der Waals surface area contributed by atoms with E-state index in [0.29, 0.717) is 6.54 Å². The molecule has 0 bridgehead atoms. The molecule has 1 aliphatic heterocycles. The highest BCUT2D eigenvalue weighted by Gasteiger charge is 2.39. The second kappa shape index (κ2) is 5.14. The molecule has 0 saturated carbocycles. The predicted molar refractivity (Wildman–Crippen MR) is 79.8 cm³/mol. The Balaban J connectivity index is 2.42. The molecule has 0 radical (unpaired) electrons. The Kier molecular flexibility index (Phi) is 3.88. The van der Waals surface area contributed by atoms with Crippen LogP contribution >= 0.6 is 11.6 Å². The van der Waals surface area contributed by atoms with Crippen molar-refractivity contribution in [1.29, 1.82) is 0 Å². The summed E-state index contributed by atoms with van der Waals surface area (Å²) in [5, 5.41) is 3.72. The molecule has 4 heteroatoms. The molecule has 0 spiro atoms. The van der Waals surface area contributed by atoms with Crippen LogP contribution in [0.2, 0.25) is 5.02 Å². The number of nitrogens with two attached hydrogens (primary N) is 1. The summed E-state index contributed by atoms with van der Waals surface area (Å²) in [4.78, 5) is 12.0. The van der Waals surface area contributed by atoms with Gasteiger partial charge in [0.05, 0.1) is 5.41 Å². The van der Waals surface area contributed by atoms with Crippen LogP contribution in [-0.2, 0) is 16.6 Å². The van der Waals surface area contributed by atoms with E-state index in [1.165, 1.54) is 0 Å². The summed E-state index contributed by atoms with van der Waals surface area (Å²) in [6, 6.07) is 2.08. The fourth-order valence-corrected chi connectivity index (χ4v) is 2.79. The van der Waals surface area contributed by atoms with Crippen molar-refractivity contribution in [1.82, 2.24) is 0 Å². The van der Waals surface area contributed by atoms with Crippen molar-refractivity contribution in [3.63, 3.8) is 0 Å². The van der Waals surface area contributed by atoms with Crippen LogP contribution < -0.4 is 11.1 Å². The Hall–Kier alpha value is -1.06. The summed E-state index contributed by atoms with van der Waals surface area (Å²) in [6.45, 7) is 6.57. The van der Waals surface area contributed by atoms with Gasteiger partial charge in [0.15, 0.2) is 0 Å². The van der Waals surface area contributed by atoms with Gasteiger partial charge in [0.1, 0.15) is 0 Å². The van der Waals surface area contributed by atoms with Gasteiger partial charge in [-0.25, -0.2) is 0 Å². The van der Waals surface area contributed by atoms with Crippen LogP contribution in [0.25, 0.3) is 0 Å². The van der Waals surface area contributed by atoms with Crippen LogP contribution in [0, 0.1) is 6.92 Å². The normalized spacial score (nSPS) is 16.4. The first-order valence-corrected chi connectivity index (χ1v) is 7.11. The quantitative estimate of drug-likeness (QED) is 0.833. The van der Waals surface area contributed by atoms with Gasteiger partial charge < -0.3 is 11.1 Å². The van der Waals surface area contributed by atoms with Gasteiger partial charge in [0.25, 0.3) is 0 Å². The van der Waals surface area contributed by atoms with Crippen molar-refractivity contribution in [2.24, 2.45) is 5.73 Å². The average molecular weight is 281 g/mol. The van der Waals surface area contributed by atoms with Gasteiger partial charge in [0, 0.05) is 10.7 Å². The number of aryl methyl sites for hydroxylation is 1. The maximum atomic E-state index is 12.0. The molecule has 1 aliphatic rings. The summed E-state index contributed by atoms with van der Waals surface area (Å²) in [5.41, 5.74) is 9.09. The van der Waals surface area contributed by atoms with Crippen LogP contribution in [0.15, 0.2) is 6.07 Å². The predicted octanol–water partition coefficient (Wildman–Crippen LogP) is 3.16. The van der Waals surface area contributed by atoms with Crippen molar-refractivity contribution in [2.75, 3.05) is 11.9 Å². The fraction of sp³-hybridized carbons (Fsp3) is 0.533. The van der Waals surface area contributed by atoms with Gasteiger partial charge in [-0.3, -0.25) is 4.79 Å². The van der Waals surface area contributed by atoms with E-state index in [-0.39, 0.29) is 5.91 Å². The van der Waals surface area contributed by atoms with Gasteiger partial charge in [-0.05, 0) is 63.3 Å². The van der Waals surface area contributed by atoms with Gasteiger partial charge in [0.2, 0.25) is 5.91 Å². The zero-order valence-electron chi connectivity index (χ0n) is 11.8. The monoisotopic (exact) mass is 280 g/mol. The summed E-state index contributed by atoms with van der Waals surface area (Å²) in [6.07, 6.45) is 2.93. The molecule has 0 fully saturated rings. The summed E-state index contributed by atoms with van der Waals surface area (Å²) < 4.78 is 0. The number of halogens is 1. The Morgan fingerprint density at radius 1 is 1.37 bits per heavy atom. The summed E-state index contributed by atoms with van der Waals surface area (Å²) >= 11 is 6.41. The molecule has 3 N–H and O–H groups in total. The minimum atomic E-state index is -0.479. The zero-order chi connectivity index (χ0) is 14.2. The molecule has 0 saturated heterocycles. The molecule has 0 atom stereocenters. The third-order valence-corrected chi connectivity index (χ3v) is 4.48. The van der Waals surface area contributed by atoms with E-state index in [2.05, 4.69) is 11.4 Å². The molecule has 0 unspecified atom stereocenters. The molecule has 3 nitrogen and oxygen atoms in total. The highest BCUT2D eigenvalue weighted by atomic mass is 35.5. The lowest BCUT2D eigenvalue weighted by Gasteiger charge is -2.18. The first kappa shape index (κ1) is 14.4. The molecule has 0 aliphatic carbocycles. The molecule has 0 aromatic heterocycles. The fourth-order valence-electron chi connectivity index (χ4n) is 2.55. The van der Waals surface area contributed by atoms with Crippen molar-refractivity contribution < 1.29 is 4.79 Å². The lowest BCUT2D eigenvalue weighted by Crippen LogP contribution is -2.26. The Bertz CT molecular complexity index is 523. The maximum Gasteiger partial charge on any atom is 0.234 e. The first-order valence-electron chi connectivity index (χ1n) is 6.73. The van der Waals surface area contributed by atoms with Crippen molar-refractivity contribution >= 4 is 23.2 Å². The third kappa shape index (κ3) is 2.37. The summed E-state index contributed by atoms with van der Waals surface area (Å²) in [7, 11) is 0. The molecule has 1 aromatic rings. The number of hydrogen-bond acceptors (Lipinski definition) is 2. The number of carbonyl (C=O) groups is 1.